The Labute approximate surface area is 117 Å². The second kappa shape index (κ2) is 4.63. The summed E-state index contributed by atoms with van der Waals surface area (Å²) in [4.78, 5) is 14.8. The first kappa shape index (κ1) is 12.0. The Kier molecular flexibility index (Phi) is 2.77. The highest BCUT2D eigenvalue weighted by Gasteiger charge is 2.32. The van der Waals surface area contributed by atoms with Crippen LogP contribution in [0.15, 0.2) is 34.9 Å². The molecule has 2 unspecified atom stereocenters. The minimum absolute atomic E-state index is 0.0283. The van der Waals surface area contributed by atoms with Crippen molar-refractivity contribution in [3.05, 3.63) is 36.1 Å². The van der Waals surface area contributed by atoms with Gasteiger partial charge in [0.1, 0.15) is 5.58 Å². The van der Waals surface area contributed by atoms with Crippen molar-refractivity contribution in [3.8, 4) is 0 Å². The molecule has 2 fully saturated rings. The molecule has 2 saturated heterocycles. The van der Waals surface area contributed by atoms with Crippen molar-refractivity contribution in [2.24, 2.45) is 5.92 Å². The molecule has 1 N–H and O–H groups in total. The van der Waals surface area contributed by atoms with Crippen LogP contribution in [0.5, 0.6) is 0 Å². The number of carbonyl (C=O) groups is 1. The van der Waals surface area contributed by atoms with E-state index in [0.29, 0.717) is 11.6 Å². The van der Waals surface area contributed by atoms with E-state index >= 15 is 0 Å². The van der Waals surface area contributed by atoms with Crippen molar-refractivity contribution in [2.45, 2.75) is 18.9 Å². The maximum absolute atomic E-state index is 12.4. The van der Waals surface area contributed by atoms with E-state index < -0.39 is 0 Å². The smallest absolute Gasteiger partial charge is 0.251 e. The molecular formula is C16H18N2O2. The van der Waals surface area contributed by atoms with Crippen molar-refractivity contribution in [1.29, 1.82) is 0 Å². The van der Waals surface area contributed by atoms with E-state index in [1.807, 2.05) is 24.3 Å². The van der Waals surface area contributed by atoms with Gasteiger partial charge in [0.15, 0.2) is 0 Å². The molecule has 0 aliphatic carbocycles. The summed E-state index contributed by atoms with van der Waals surface area (Å²) in [5.41, 5.74) is 1.54. The number of furan rings is 1. The minimum Gasteiger partial charge on any atom is -0.464 e. The van der Waals surface area contributed by atoms with E-state index in [0.717, 1.165) is 29.9 Å². The summed E-state index contributed by atoms with van der Waals surface area (Å²) in [7, 11) is 0. The highest BCUT2D eigenvalue weighted by molar-refractivity contribution is 5.97. The molecule has 2 aliphatic rings. The van der Waals surface area contributed by atoms with Crippen molar-refractivity contribution >= 4 is 16.9 Å². The number of fused-ring (bicyclic) bond motifs is 3. The topological polar surface area (TPSA) is 45.5 Å². The van der Waals surface area contributed by atoms with Crippen LogP contribution < -0.4 is 5.32 Å². The average molecular weight is 270 g/mol. The van der Waals surface area contributed by atoms with E-state index in [-0.39, 0.29) is 5.91 Å². The first-order valence-electron chi connectivity index (χ1n) is 7.28. The number of hydrogen-bond acceptors (Lipinski definition) is 3. The molecule has 20 heavy (non-hydrogen) atoms. The van der Waals surface area contributed by atoms with Crippen LogP contribution in [-0.4, -0.2) is 36.5 Å². The maximum Gasteiger partial charge on any atom is 0.251 e. The molecule has 4 heteroatoms. The van der Waals surface area contributed by atoms with Gasteiger partial charge < -0.3 is 14.6 Å². The molecule has 1 amide bonds. The molecule has 1 aromatic carbocycles. The second-order valence-corrected chi connectivity index (χ2v) is 5.99. The monoisotopic (exact) mass is 270 g/mol. The summed E-state index contributed by atoms with van der Waals surface area (Å²) in [6.45, 7) is 3.40. The Hall–Kier alpha value is -1.81. The van der Waals surface area contributed by atoms with Gasteiger partial charge in [-0.2, -0.15) is 0 Å². The SMILES string of the molecule is O=C(N[C@@H]1CC2CCN(C2)C1)c1ccc2occc2c1. The number of benzene rings is 1. The van der Waals surface area contributed by atoms with E-state index in [1.165, 1.54) is 19.5 Å². The molecule has 0 radical (unpaired) electrons. The summed E-state index contributed by atoms with van der Waals surface area (Å²) >= 11 is 0. The number of carbonyl (C=O) groups excluding carboxylic acids is 1. The predicted octanol–water partition coefficient (Wildman–Crippen LogP) is 2.26. The molecule has 2 aliphatic heterocycles. The van der Waals surface area contributed by atoms with Gasteiger partial charge in [-0.1, -0.05) is 0 Å². The normalized spacial score (nSPS) is 28.7. The first-order chi connectivity index (χ1) is 9.78. The largest absolute Gasteiger partial charge is 0.464 e. The van der Waals surface area contributed by atoms with Crippen LogP contribution >= 0.6 is 0 Å². The number of nitrogens with zero attached hydrogens (tertiary/aromatic N) is 1. The predicted molar refractivity (Wildman–Crippen MR) is 76.6 cm³/mol. The van der Waals surface area contributed by atoms with Gasteiger partial charge in [-0.25, -0.2) is 0 Å². The number of hydrogen-bond donors (Lipinski definition) is 1. The lowest BCUT2D eigenvalue weighted by molar-refractivity contribution is 0.0909. The van der Waals surface area contributed by atoms with Crippen LogP contribution in [0, 0.1) is 5.92 Å². The Morgan fingerprint density at radius 2 is 2.25 bits per heavy atom. The summed E-state index contributed by atoms with van der Waals surface area (Å²) in [5.74, 6) is 0.797. The lowest BCUT2D eigenvalue weighted by Gasteiger charge is -2.30. The van der Waals surface area contributed by atoms with Crippen molar-refractivity contribution in [3.63, 3.8) is 0 Å². The van der Waals surface area contributed by atoms with Crippen LogP contribution in [-0.2, 0) is 0 Å². The third-order valence-electron chi connectivity index (χ3n) is 4.52. The van der Waals surface area contributed by atoms with E-state index in [1.54, 1.807) is 6.26 Å². The molecule has 4 rings (SSSR count). The van der Waals surface area contributed by atoms with E-state index in [2.05, 4.69) is 10.2 Å². The number of nitrogens with one attached hydrogen (secondary N) is 1. The van der Waals surface area contributed by atoms with Gasteiger partial charge in [-0.3, -0.25) is 4.79 Å². The molecule has 1 aromatic heterocycles. The van der Waals surface area contributed by atoms with Gasteiger partial charge in [0, 0.05) is 30.1 Å². The molecule has 4 nitrogen and oxygen atoms in total. The third kappa shape index (κ3) is 2.10. The first-order valence-corrected chi connectivity index (χ1v) is 7.28. The summed E-state index contributed by atoms with van der Waals surface area (Å²) < 4.78 is 5.30. The second-order valence-electron chi connectivity index (χ2n) is 5.99. The fraction of sp³-hybridized carbons (Fsp3) is 0.438. The van der Waals surface area contributed by atoms with Gasteiger partial charge in [0.25, 0.3) is 5.91 Å². The van der Waals surface area contributed by atoms with Crippen molar-refractivity contribution in [2.75, 3.05) is 19.6 Å². The standard InChI is InChI=1S/C16H18N2O2/c19-16(13-1-2-15-12(8-13)4-6-20-15)17-14-7-11-3-5-18(9-11)10-14/h1-2,4,6,8,11,14H,3,5,7,9-10H2,(H,17,19)/t11?,14-/m1/s1. The Bertz CT molecular complexity index is 637. The summed E-state index contributed by atoms with van der Waals surface area (Å²) in [6, 6.07) is 7.77. The van der Waals surface area contributed by atoms with Gasteiger partial charge in [-0.15, -0.1) is 0 Å². The lowest BCUT2D eigenvalue weighted by atomic mass is 9.96. The van der Waals surface area contributed by atoms with Gasteiger partial charge in [0.05, 0.1) is 6.26 Å². The Balaban J connectivity index is 1.49. The van der Waals surface area contributed by atoms with Gasteiger partial charge >= 0.3 is 0 Å². The summed E-state index contributed by atoms with van der Waals surface area (Å²) in [6.07, 6.45) is 4.06. The third-order valence-corrected chi connectivity index (χ3v) is 4.52. The molecular weight excluding hydrogens is 252 g/mol. The van der Waals surface area contributed by atoms with Gasteiger partial charge in [0.2, 0.25) is 0 Å². The van der Waals surface area contributed by atoms with Crippen LogP contribution in [0.4, 0.5) is 0 Å². The highest BCUT2D eigenvalue weighted by atomic mass is 16.3. The van der Waals surface area contributed by atoms with Crippen LogP contribution in [0.25, 0.3) is 11.0 Å². The van der Waals surface area contributed by atoms with Crippen LogP contribution in [0.3, 0.4) is 0 Å². The maximum atomic E-state index is 12.4. The zero-order chi connectivity index (χ0) is 13.5. The molecule has 0 saturated carbocycles. The molecule has 3 heterocycles. The fourth-order valence-electron chi connectivity index (χ4n) is 3.54. The molecule has 2 bridgehead atoms. The molecule has 0 spiro atoms. The lowest BCUT2D eigenvalue weighted by Crippen LogP contribution is -2.47. The average Bonchev–Trinajstić information content (AvgIpc) is 3.04. The highest BCUT2D eigenvalue weighted by Crippen LogP contribution is 2.27. The molecule has 104 valence electrons. The number of rotatable bonds is 2. The van der Waals surface area contributed by atoms with Crippen LogP contribution in [0.2, 0.25) is 0 Å². The summed E-state index contributed by atoms with van der Waals surface area (Å²) in [5, 5.41) is 4.16. The Morgan fingerprint density at radius 1 is 1.30 bits per heavy atom. The Morgan fingerprint density at radius 3 is 3.15 bits per heavy atom. The van der Waals surface area contributed by atoms with E-state index in [9.17, 15) is 4.79 Å². The zero-order valence-electron chi connectivity index (χ0n) is 11.3. The quantitative estimate of drug-likeness (QED) is 0.910. The van der Waals surface area contributed by atoms with Gasteiger partial charge in [-0.05, 0) is 49.6 Å². The van der Waals surface area contributed by atoms with Crippen molar-refractivity contribution < 1.29 is 9.21 Å². The van der Waals surface area contributed by atoms with Crippen LogP contribution in [0.1, 0.15) is 23.2 Å². The minimum atomic E-state index is 0.0283. The zero-order valence-corrected chi connectivity index (χ0v) is 11.3. The number of amides is 1. The van der Waals surface area contributed by atoms with E-state index in [4.69, 9.17) is 4.42 Å². The fourth-order valence-corrected chi connectivity index (χ4v) is 3.54. The number of piperidine rings is 1. The molecule has 3 atom stereocenters. The van der Waals surface area contributed by atoms with Crippen molar-refractivity contribution in [1.82, 2.24) is 10.2 Å². The molecule has 2 aromatic rings.